The van der Waals surface area contributed by atoms with E-state index in [2.05, 4.69) is 10.3 Å². The summed E-state index contributed by atoms with van der Waals surface area (Å²) >= 11 is 7.28. The van der Waals surface area contributed by atoms with Crippen molar-refractivity contribution in [2.24, 2.45) is 0 Å². The van der Waals surface area contributed by atoms with Gasteiger partial charge < -0.3 is 15.5 Å². The number of amides is 1. The lowest BCUT2D eigenvalue weighted by Crippen LogP contribution is -2.26. The zero-order valence-corrected chi connectivity index (χ0v) is 13.8. The lowest BCUT2D eigenvalue weighted by atomic mass is 10.2. The van der Waals surface area contributed by atoms with Gasteiger partial charge in [0.25, 0.3) is 0 Å². The SMILES string of the molecule is CCNC(=O)OCC(=N)c1sc(-c2ccc(Cl)cc2)nc1C. The highest BCUT2D eigenvalue weighted by Gasteiger charge is 2.15. The molecule has 0 bridgehead atoms. The molecule has 0 saturated heterocycles. The van der Waals surface area contributed by atoms with Crippen molar-refractivity contribution in [3.63, 3.8) is 0 Å². The quantitative estimate of drug-likeness (QED) is 0.813. The fraction of sp³-hybridized carbons (Fsp3) is 0.267. The molecular weight excluding hydrogens is 322 g/mol. The van der Waals surface area contributed by atoms with E-state index < -0.39 is 6.09 Å². The molecule has 7 heteroatoms. The van der Waals surface area contributed by atoms with Crippen LogP contribution in [0, 0.1) is 12.3 Å². The van der Waals surface area contributed by atoms with Crippen molar-refractivity contribution in [2.45, 2.75) is 13.8 Å². The molecule has 1 amide bonds. The zero-order chi connectivity index (χ0) is 16.1. The average Bonchev–Trinajstić information content (AvgIpc) is 2.88. The highest BCUT2D eigenvalue weighted by Crippen LogP contribution is 2.29. The molecule has 0 radical (unpaired) electrons. The molecule has 0 aliphatic rings. The Bertz CT molecular complexity index is 683. The Morgan fingerprint density at radius 2 is 2.09 bits per heavy atom. The first-order valence-electron chi connectivity index (χ1n) is 6.73. The third kappa shape index (κ3) is 4.05. The Balaban J connectivity index is 2.10. The number of carbonyl (C=O) groups is 1. The molecule has 2 aromatic rings. The third-order valence-corrected chi connectivity index (χ3v) is 4.35. The van der Waals surface area contributed by atoms with Gasteiger partial charge in [-0.2, -0.15) is 0 Å². The molecule has 5 nitrogen and oxygen atoms in total. The van der Waals surface area contributed by atoms with Gasteiger partial charge in [-0.25, -0.2) is 9.78 Å². The van der Waals surface area contributed by atoms with Gasteiger partial charge in [0.15, 0.2) is 0 Å². The van der Waals surface area contributed by atoms with Gasteiger partial charge in [0.1, 0.15) is 11.6 Å². The lowest BCUT2D eigenvalue weighted by molar-refractivity contribution is 0.162. The Morgan fingerprint density at radius 1 is 1.41 bits per heavy atom. The highest BCUT2D eigenvalue weighted by molar-refractivity contribution is 7.17. The largest absolute Gasteiger partial charge is 0.443 e. The fourth-order valence-corrected chi connectivity index (χ4v) is 2.92. The van der Waals surface area contributed by atoms with Gasteiger partial charge in [0.2, 0.25) is 0 Å². The van der Waals surface area contributed by atoms with Gasteiger partial charge in [-0.1, -0.05) is 23.7 Å². The molecule has 1 aromatic carbocycles. The maximum Gasteiger partial charge on any atom is 0.407 e. The third-order valence-electron chi connectivity index (χ3n) is 2.83. The topological polar surface area (TPSA) is 75.1 Å². The van der Waals surface area contributed by atoms with Crippen molar-refractivity contribution in [3.8, 4) is 10.6 Å². The van der Waals surface area contributed by atoms with E-state index in [9.17, 15) is 4.79 Å². The molecule has 0 aliphatic carbocycles. The minimum Gasteiger partial charge on any atom is -0.443 e. The van der Waals surface area contributed by atoms with Crippen molar-refractivity contribution in [2.75, 3.05) is 13.2 Å². The fourth-order valence-electron chi connectivity index (χ4n) is 1.79. The monoisotopic (exact) mass is 337 g/mol. The summed E-state index contributed by atoms with van der Waals surface area (Å²) in [5.41, 5.74) is 1.93. The van der Waals surface area contributed by atoms with Crippen LogP contribution in [0.25, 0.3) is 10.6 Å². The van der Waals surface area contributed by atoms with E-state index in [0.29, 0.717) is 16.4 Å². The number of ether oxygens (including phenoxy) is 1. The number of aryl methyl sites for hydroxylation is 1. The number of alkyl carbamates (subject to hydrolysis) is 1. The molecule has 0 saturated carbocycles. The zero-order valence-electron chi connectivity index (χ0n) is 12.3. The number of hydrogen-bond donors (Lipinski definition) is 2. The Labute approximate surface area is 137 Å². The van der Waals surface area contributed by atoms with Crippen LogP contribution < -0.4 is 5.32 Å². The molecule has 0 aliphatic heterocycles. The maximum absolute atomic E-state index is 11.3. The highest BCUT2D eigenvalue weighted by atomic mass is 35.5. The summed E-state index contributed by atoms with van der Waals surface area (Å²) in [4.78, 5) is 16.5. The number of thiazole rings is 1. The van der Waals surface area contributed by atoms with Crippen LogP contribution in [0.4, 0.5) is 4.79 Å². The number of nitrogens with one attached hydrogen (secondary N) is 2. The Hall–Kier alpha value is -1.92. The van der Waals surface area contributed by atoms with Gasteiger partial charge >= 0.3 is 6.09 Å². The second-order valence-corrected chi connectivity index (χ2v) is 5.96. The minimum absolute atomic E-state index is 0.0745. The molecule has 0 atom stereocenters. The molecule has 22 heavy (non-hydrogen) atoms. The molecular formula is C15H16ClN3O2S. The van der Waals surface area contributed by atoms with Crippen LogP contribution in [0.1, 0.15) is 17.5 Å². The van der Waals surface area contributed by atoms with Gasteiger partial charge in [-0.3, -0.25) is 0 Å². The van der Waals surface area contributed by atoms with E-state index in [4.69, 9.17) is 21.7 Å². The number of halogens is 1. The summed E-state index contributed by atoms with van der Waals surface area (Å²) in [6.07, 6.45) is -0.521. The normalized spacial score (nSPS) is 10.3. The molecule has 2 N–H and O–H groups in total. The standard InChI is InChI=1S/C15H16ClN3O2S/c1-3-18-15(20)21-8-12(17)13-9(2)19-14(22-13)10-4-6-11(16)7-5-10/h4-7,17H,3,8H2,1-2H3,(H,18,20). The summed E-state index contributed by atoms with van der Waals surface area (Å²) < 4.78 is 4.97. The van der Waals surface area contributed by atoms with Gasteiger partial charge in [-0.05, 0) is 26.0 Å². The van der Waals surface area contributed by atoms with Gasteiger partial charge in [0.05, 0.1) is 16.3 Å². The molecule has 0 spiro atoms. The van der Waals surface area contributed by atoms with Crippen LogP contribution in [-0.4, -0.2) is 29.9 Å². The van der Waals surface area contributed by atoms with E-state index in [1.165, 1.54) is 11.3 Å². The molecule has 0 unspecified atom stereocenters. The van der Waals surface area contributed by atoms with Gasteiger partial charge in [-0.15, -0.1) is 11.3 Å². The maximum atomic E-state index is 11.3. The first kappa shape index (κ1) is 16.5. The van der Waals surface area contributed by atoms with Crippen LogP contribution in [-0.2, 0) is 4.74 Å². The number of nitrogens with zero attached hydrogens (tertiary/aromatic N) is 1. The average molecular weight is 338 g/mol. The number of benzene rings is 1. The van der Waals surface area contributed by atoms with Crippen molar-refractivity contribution in [3.05, 3.63) is 39.9 Å². The predicted molar refractivity (Wildman–Crippen MR) is 89.2 cm³/mol. The van der Waals surface area contributed by atoms with Crippen LogP contribution in [0.5, 0.6) is 0 Å². The van der Waals surface area contributed by atoms with Crippen LogP contribution in [0.2, 0.25) is 5.02 Å². The predicted octanol–water partition coefficient (Wildman–Crippen LogP) is 3.89. The first-order chi connectivity index (χ1) is 10.5. The molecule has 0 fully saturated rings. The summed E-state index contributed by atoms with van der Waals surface area (Å²) in [5.74, 6) is 0. The number of hydrogen-bond acceptors (Lipinski definition) is 5. The molecule has 2 rings (SSSR count). The summed E-state index contributed by atoms with van der Waals surface area (Å²) in [5, 5.41) is 12.0. The van der Waals surface area contributed by atoms with E-state index >= 15 is 0 Å². The van der Waals surface area contributed by atoms with Crippen LogP contribution in [0.15, 0.2) is 24.3 Å². The number of aromatic nitrogens is 1. The Morgan fingerprint density at radius 3 is 2.73 bits per heavy atom. The second-order valence-electron chi connectivity index (χ2n) is 4.53. The van der Waals surface area contributed by atoms with E-state index in [-0.39, 0.29) is 12.3 Å². The minimum atomic E-state index is -0.521. The number of carbonyl (C=O) groups excluding carboxylic acids is 1. The summed E-state index contributed by atoms with van der Waals surface area (Å²) in [6, 6.07) is 7.38. The smallest absolute Gasteiger partial charge is 0.407 e. The van der Waals surface area contributed by atoms with E-state index in [1.807, 2.05) is 19.1 Å². The van der Waals surface area contributed by atoms with Crippen LogP contribution in [0.3, 0.4) is 0 Å². The summed E-state index contributed by atoms with van der Waals surface area (Å²) in [6.45, 7) is 4.06. The van der Waals surface area contributed by atoms with Crippen molar-refractivity contribution in [1.29, 1.82) is 5.41 Å². The van der Waals surface area contributed by atoms with E-state index in [1.54, 1.807) is 19.1 Å². The Kier molecular flexibility index (Phi) is 5.51. The van der Waals surface area contributed by atoms with Crippen molar-refractivity contribution >= 4 is 34.7 Å². The molecule has 1 aromatic heterocycles. The van der Waals surface area contributed by atoms with Gasteiger partial charge in [0, 0.05) is 17.1 Å². The van der Waals surface area contributed by atoms with Crippen molar-refractivity contribution in [1.82, 2.24) is 10.3 Å². The molecule has 1 heterocycles. The second kappa shape index (κ2) is 7.38. The molecule has 116 valence electrons. The number of rotatable bonds is 5. The lowest BCUT2D eigenvalue weighted by Gasteiger charge is -2.05. The summed E-state index contributed by atoms with van der Waals surface area (Å²) in [7, 11) is 0. The van der Waals surface area contributed by atoms with E-state index in [0.717, 1.165) is 16.3 Å². The van der Waals surface area contributed by atoms with Crippen molar-refractivity contribution < 1.29 is 9.53 Å². The van der Waals surface area contributed by atoms with Crippen LogP contribution >= 0.6 is 22.9 Å². The first-order valence-corrected chi connectivity index (χ1v) is 7.92.